The molecule has 0 spiro atoms. The van der Waals surface area contributed by atoms with E-state index in [0.29, 0.717) is 51.4 Å². The molecule has 0 aliphatic carbocycles. The minimum atomic E-state index is -0.852. The lowest BCUT2D eigenvalue weighted by molar-refractivity contribution is -0.137. The van der Waals surface area contributed by atoms with E-state index in [1.54, 1.807) is 12.5 Å². The highest BCUT2D eigenvalue weighted by molar-refractivity contribution is 8.00. The van der Waals surface area contributed by atoms with E-state index >= 15 is 0 Å². The van der Waals surface area contributed by atoms with Crippen LogP contribution in [0.5, 0.6) is 0 Å². The van der Waals surface area contributed by atoms with E-state index in [9.17, 15) is 28.8 Å². The lowest BCUT2D eigenvalue weighted by Crippen LogP contribution is -2.25. The van der Waals surface area contributed by atoms with Gasteiger partial charge < -0.3 is 33.1 Å². The number of primary amides is 4. The highest BCUT2D eigenvalue weighted by Gasteiger charge is 2.21. The van der Waals surface area contributed by atoms with Crippen LogP contribution in [0.3, 0.4) is 0 Å². The predicted octanol–water partition coefficient (Wildman–Crippen LogP) is 0.680. The third kappa shape index (κ3) is 18.8. The Morgan fingerprint density at radius 3 is 1.08 bits per heavy atom. The molecule has 36 heavy (non-hydrogen) atoms. The molecule has 0 fully saturated rings. The highest BCUT2D eigenvalue weighted by Crippen LogP contribution is 2.21. The van der Waals surface area contributed by atoms with Crippen LogP contribution in [0.25, 0.3) is 0 Å². The molecule has 208 valence electrons. The Balaban J connectivity index is 0. The van der Waals surface area contributed by atoms with Crippen LogP contribution in [0.4, 0.5) is 0 Å². The molecule has 0 radical (unpaired) electrons. The molecule has 4 amide bonds. The Hall–Kier alpha value is -2.48. The second-order valence-corrected chi connectivity index (χ2v) is 10.3. The normalized spacial score (nSPS) is 13.8. The van der Waals surface area contributed by atoms with Crippen molar-refractivity contribution in [1.82, 2.24) is 0 Å². The van der Waals surface area contributed by atoms with Gasteiger partial charge in [0.15, 0.2) is 0 Å². The summed E-state index contributed by atoms with van der Waals surface area (Å²) < 4.78 is 0. The number of nitrogens with two attached hydrogens (primary N) is 4. The van der Waals surface area contributed by atoms with Crippen LogP contribution < -0.4 is 22.9 Å². The van der Waals surface area contributed by atoms with E-state index in [4.69, 9.17) is 33.1 Å². The third-order valence-electron chi connectivity index (χ3n) is 5.44. The SMILES string of the molecule is CSC(CCCC(CCC(N)=O)C(N)=O)C(=O)O.CSC(CCCC(CCC(N)=O)C(N)=O)C(=O)O. The number of hydrogen-bond acceptors (Lipinski definition) is 8. The number of thioether (sulfide) groups is 2. The molecule has 0 aromatic heterocycles. The summed E-state index contributed by atoms with van der Waals surface area (Å²) in [6.07, 6.45) is 7.51. The summed E-state index contributed by atoms with van der Waals surface area (Å²) >= 11 is 2.53. The minimum Gasteiger partial charge on any atom is -0.480 e. The van der Waals surface area contributed by atoms with Gasteiger partial charge in [0.2, 0.25) is 23.6 Å². The van der Waals surface area contributed by atoms with Gasteiger partial charge in [-0.2, -0.15) is 23.5 Å². The van der Waals surface area contributed by atoms with Gasteiger partial charge in [-0.25, -0.2) is 0 Å². The van der Waals surface area contributed by atoms with Crippen LogP contribution >= 0.6 is 23.5 Å². The summed E-state index contributed by atoms with van der Waals surface area (Å²) in [5.74, 6) is -4.38. The molecule has 4 atom stereocenters. The standard InChI is InChI=1S/2C11H20N2O4S/c2*1-18-8(11(16)17)4-2-3-7(10(13)15)5-6-9(12)14/h2*7-8H,2-6H2,1H3,(H2,12,14)(H2,13,15)(H,16,17). The van der Waals surface area contributed by atoms with Crippen LogP contribution in [0.15, 0.2) is 0 Å². The van der Waals surface area contributed by atoms with Gasteiger partial charge in [-0.05, 0) is 51.0 Å². The number of carboxylic acid groups (broad SMARTS) is 2. The van der Waals surface area contributed by atoms with Gasteiger partial charge in [0.05, 0.1) is 0 Å². The van der Waals surface area contributed by atoms with E-state index in [2.05, 4.69) is 0 Å². The molecule has 0 heterocycles. The Kier molecular flexibility index (Phi) is 20.5. The number of amides is 4. The van der Waals surface area contributed by atoms with Crippen LogP contribution in [-0.2, 0) is 28.8 Å². The van der Waals surface area contributed by atoms with Gasteiger partial charge >= 0.3 is 11.9 Å². The molecule has 12 nitrogen and oxygen atoms in total. The molecule has 0 saturated carbocycles. The van der Waals surface area contributed by atoms with E-state index in [1.165, 1.54) is 23.5 Å². The van der Waals surface area contributed by atoms with Crippen molar-refractivity contribution in [2.45, 2.75) is 74.7 Å². The predicted molar refractivity (Wildman–Crippen MR) is 140 cm³/mol. The van der Waals surface area contributed by atoms with Gasteiger partial charge in [0, 0.05) is 24.7 Å². The maximum atomic E-state index is 11.1. The highest BCUT2D eigenvalue weighted by atomic mass is 32.2. The monoisotopic (exact) mass is 552 g/mol. The minimum absolute atomic E-state index is 0.124. The molecule has 10 N–H and O–H groups in total. The van der Waals surface area contributed by atoms with Crippen LogP contribution in [0.1, 0.15) is 64.2 Å². The number of hydrogen-bond donors (Lipinski definition) is 6. The Morgan fingerprint density at radius 2 is 0.889 bits per heavy atom. The first-order chi connectivity index (χ1) is 16.8. The van der Waals surface area contributed by atoms with Crippen molar-refractivity contribution < 1.29 is 39.0 Å². The molecule has 0 rings (SSSR count). The second kappa shape index (κ2) is 20.7. The molecule has 14 heteroatoms. The van der Waals surface area contributed by atoms with Crippen molar-refractivity contribution in [3.63, 3.8) is 0 Å². The van der Waals surface area contributed by atoms with Crippen LogP contribution in [-0.4, -0.2) is 68.8 Å². The first-order valence-electron chi connectivity index (χ1n) is 11.4. The summed E-state index contributed by atoms with van der Waals surface area (Å²) in [5.41, 5.74) is 20.5. The van der Waals surface area contributed by atoms with Gasteiger partial charge in [-0.1, -0.05) is 12.8 Å². The quantitative estimate of drug-likeness (QED) is 0.123. The second-order valence-electron chi connectivity index (χ2n) is 8.20. The molecule has 0 aliphatic heterocycles. The molecule has 0 aliphatic rings. The van der Waals surface area contributed by atoms with Gasteiger partial charge in [-0.15, -0.1) is 0 Å². The maximum absolute atomic E-state index is 11.1. The van der Waals surface area contributed by atoms with Crippen molar-refractivity contribution in [2.24, 2.45) is 34.8 Å². The first kappa shape index (κ1) is 35.7. The molecular weight excluding hydrogens is 512 g/mol. The zero-order valence-electron chi connectivity index (χ0n) is 20.9. The largest absolute Gasteiger partial charge is 0.480 e. The number of carboxylic acids is 2. The third-order valence-corrected chi connectivity index (χ3v) is 7.45. The van der Waals surface area contributed by atoms with Gasteiger partial charge in [0.25, 0.3) is 0 Å². The summed E-state index contributed by atoms with van der Waals surface area (Å²) in [7, 11) is 0. The number of rotatable bonds is 20. The van der Waals surface area contributed by atoms with Crippen molar-refractivity contribution in [2.75, 3.05) is 12.5 Å². The number of aliphatic carboxylic acids is 2. The van der Waals surface area contributed by atoms with E-state index in [0.717, 1.165) is 0 Å². The fourth-order valence-corrected chi connectivity index (χ4v) is 4.48. The zero-order chi connectivity index (χ0) is 28.3. The lowest BCUT2D eigenvalue weighted by Gasteiger charge is -2.14. The number of carbonyl (C=O) groups excluding carboxylic acids is 4. The summed E-state index contributed by atoms with van der Waals surface area (Å²) in [4.78, 5) is 65.1. The van der Waals surface area contributed by atoms with Gasteiger partial charge in [-0.3, -0.25) is 28.8 Å². The smallest absolute Gasteiger partial charge is 0.316 e. The summed E-state index contributed by atoms with van der Waals surface area (Å²) in [6.45, 7) is 0. The fraction of sp³-hybridized carbons (Fsp3) is 0.727. The lowest BCUT2D eigenvalue weighted by atomic mass is 9.95. The fourth-order valence-electron chi connectivity index (χ4n) is 3.27. The maximum Gasteiger partial charge on any atom is 0.316 e. The van der Waals surface area contributed by atoms with Crippen molar-refractivity contribution in [3.05, 3.63) is 0 Å². The Labute approximate surface area is 220 Å². The van der Waals surface area contributed by atoms with Crippen LogP contribution in [0.2, 0.25) is 0 Å². The van der Waals surface area contributed by atoms with Gasteiger partial charge in [0.1, 0.15) is 10.5 Å². The average molecular weight is 553 g/mol. The topological polar surface area (TPSA) is 247 Å². The van der Waals surface area contributed by atoms with Crippen molar-refractivity contribution in [3.8, 4) is 0 Å². The van der Waals surface area contributed by atoms with E-state index in [1.807, 2.05) is 0 Å². The molecule has 0 aromatic rings. The van der Waals surface area contributed by atoms with E-state index < -0.39 is 57.9 Å². The van der Waals surface area contributed by atoms with Crippen molar-refractivity contribution in [1.29, 1.82) is 0 Å². The molecule has 4 unspecified atom stereocenters. The summed E-state index contributed by atoms with van der Waals surface area (Å²) in [6, 6.07) is 0. The number of carbonyl (C=O) groups is 6. The summed E-state index contributed by atoms with van der Waals surface area (Å²) in [5, 5.41) is 16.8. The Bertz CT molecular complexity index is 679. The molecule has 0 aromatic carbocycles. The zero-order valence-corrected chi connectivity index (χ0v) is 22.5. The molecular formula is C22H40N4O8S2. The van der Waals surface area contributed by atoms with Crippen LogP contribution in [0, 0.1) is 11.8 Å². The Morgan fingerprint density at radius 1 is 0.583 bits per heavy atom. The average Bonchev–Trinajstić information content (AvgIpc) is 2.77. The first-order valence-corrected chi connectivity index (χ1v) is 14.0. The van der Waals surface area contributed by atoms with E-state index in [-0.39, 0.29) is 12.8 Å². The van der Waals surface area contributed by atoms with Crippen molar-refractivity contribution >= 4 is 59.1 Å². The molecule has 0 bridgehead atoms. The molecule has 0 saturated heterocycles.